The third kappa shape index (κ3) is 4.87. The van der Waals surface area contributed by atoms with Crippen molar-refractivity contribution in [3.05, 3.63) is 173 Å². The van der Waals surface area contributed by atoms with Crippen LogP contribution in [0, 0.1) is 5.92 Å². The van der Waals surface area contributed by atoms with Gasteiger partial charge < -0.3 is 20.4 Å². The van der Waals surface area contributed by atoms with Crippen molar-refractivity contribution in [1.29, 1.82) is 0 Å². The molecule has 4 N–H and O–H groups in total. The third-order valence-corrected chi connectivity index (χ3v) is 7.98. The molecule has 4 aromatic carbocycles. The molecule has 0 bridgehead atoms. The van der Waals surface area contributed by atoms with Crippen LogP contribution in [0.2, 0.25) is 0 Å². The summed E-state index contributed by atoms with van der Waals surface area (Å²) in [6.45, 7) is 1.99. The second-order valence-corrected chi connectivity index (χ2v) is 10.2. The molecule has 4 atom stereocenters. The van der Waals surface area contributed by atoms with Gasteiger partial charge in [-0.1, -0.05) is 146 Å². The van der Waals surface area contributed by atoms with Crippen LogP contribution in [0.4, 0.5) is 0 Å². The third-order valence-electron chi connectivity index (χ3n) is 7.98. The molecular formula is C36H34O4. The lowest BCUT2D eigenvalue weighted by atomic mass is 9.66. The van der Waals surface area contributed by atoms with E-state index in [0.717, 1.165) is 16.7 Å². The van der Waals surface area contributed by atoms with Crippen molar-refractivity contribution in [2.45, 2.75) is 30.3 Å². The Balaban J connectivity index is 1.69. The van der Waals surface area contributed by atoms with Crippen molar-refractivity contribution < 1.29 is 20.4 Å². The number of aliphatic hydroxyl groups excluding tert-OH is 2. The van der Waals surface area contributed by atoms with E-state index in [0.29, 0.717) is 16.7 Å². The summed E-state index contributed by atoms with van der Waals surface area (Å²) in [5.74, 6) is -0.736. The van der Waals surface area contributed by atoms with Gasteiger partial charge in [0.1, 0.15) is 23.4 Å². The molecule has 0 saturated heterocycles. The molecule has 0 amide bonds. The summed E-state index contributed by atoms with van der Waals surface area (Å²) < 4.78 is 0. The highest BCUT2D eigenvalue weighted by Crippen LogP contribution is 2.46. The predicted octanol–water partition coefficient (Wildman–Crippen LogP) is 5.75. The Hall–Kier alpha value is -4.06. The number of hydrogen-bond donors (Lipinski definition) is 4. The average Bonchev–Trinajstić information content (AvgIpc) is 3.04. The molecule has 1 aliphatic carbocycles. The van der Waals surface area contributed by atoms with Gasteiger partial charge >= 0.3 is 0 Å². The minimum absolute atomic E-state index is 0.401. The molecule has 4 heteroatoms. The minimum atomic E-state index is -2.02. The SMILES string of the molecule is CC(=C1C=CC=CC1C(O)(c1ccccc1)C(O)C(O)C(O)(c1ccccc1)c1ccccc1)c1ccccc1. The van der Waals surface area contributed by atoms with Gasteiger partial charge in [0.25, 0.3) is 0 Å². The first kappa shape index (κ1) is 27.5. The molecule has 0 radical (unpaired) electrons. The lowest BCUT2D eigenvalue weighted by Gasteiger charge is -2.46. The van der Waals surface area contributed by atoms with Gasteiger partial charge in [0, 0.05) is 5.92 Å². The van der Waals surface area contributed by atoms with Gasteiger partial charge in [-0.25, -0.2) is 0 Å². The molecule has 0 saturated carbocycles. The Kier molecular flexibility index (Phi) is 7.97. The van der Waals surface area contributed by atoms with Crippen LogP contribution < -0.4 is 0 Å². The van der Waals surface area contributed by atoms with Crippen LogP contribution in [-0.2, 0) is 11.2 Å². The highest BCUT2D eigenvalue weighted by atomic mass is 16.4. The van der Waals surface area contributed by atoms with Crippen LogP contribution in [-0.4, -0.2) is 32.6 Å². The van der Waals surface area contributed by atoms with E-state index in [1.54, 1.807) is 72.8 Å². The smallest absolute Gasteiger partial charge is 0.143 e. The Morgan fingerprint density at radius 1 is 0.600 bits per heavy atom. The quantitative estimate of drug-likeness (QED) is 0.234. The second-order valence-electron chi connectivity index (χ2n) is 10.2. The van der Waals surface area contributed by atoms with Gasteiger partial charge in [0.05, 0.1) is 0 Å². The summed E-state index contributed by atoms with van der Waals surface area (Å²) in [6, 6.07) is 36.3. The van der Waals surface area contributed by atoms with Crippen molar-refractivity contribution in [3.8, 4) is 0 Å². The van der Waals surface area contributed by atoms with E-state index in [-0.39, 0.29) is 0 Å². The van der Waals surface area contributed by atoms with Crippen molar-refractivity contribution in [3.63, 3.8) is 0 Å². The van der Waals surface area contributed by atoms with Crippen molar-refractivity contribution in [2.24, 2.45) is 5.92 Å². The first-order valence-corrected chi connectivity index (χ1v) is 13.5. The summed E-state index contributed by atoms with van der Waals surface area (Å²) in [6.07, 6.45) is 3.90. The molecule has 0 fully saturated rings. The first-order valence-electron chi connectivity index (χ1n) is 13.5. The zero-order valence-electron chi connectivity index (χ0n) is 22.4. The summed E-state index contributed by atoms with van der Waals surface area (Å²) in [7, 11) is 0. The van der Waals surface area contributed by atoms with Gasteiger partial charge in [-0.05, 0) is 40.3 Å². The van der Waals surface area contributed by atoms with Crippen LogP contribution in [0.5, 0.6) is 0 Å². The summed E-state index contributed by atoms with van der Waals surface area (Å²) >= 11 is 0. The monoisotopic (exact) mass is 530 g/mol. The van der Waals surface area contributed by atoms with Gasteiger partial charge in [-0.15, -0.1) is 0 Å². The Labute approximate surface area is 235 Å². The molecular weight excluding hydrogens is 496 g/mol. The fraction of sp³-hybridized carbons (Fsp3) is 0.167. The van der Waals surface area contributed by atoms with E-state index in [2.05, 4.69) is 0 Å². The van der Waals surface area contributed by atoms with E-state index in [1.807, 2.05) is 79.8 Å². The second kappa shape index (κ2) is 11.6. The first-order chi connectivity index (χ1) is 19.4. The molecule has 202 valence electrons. The Morgan fingerprint density at radius 2 is 1.05 bits per heavy atom. The molecule has 0 aromatic heterocycles. The number of aliphatic hydroxyl groups is 4. The van der Waals surface area contributed by atoms with Crippen molar-refractivity contribution in [1.82, 2.24) is 0 Å². The van der Waals surface area contributed by atoms with Gasteiger partial charge in [-0.3, -0.25) is 0 Å². The van der Waals surface area contributed by atoms with E-state index >= 15 is 0 Å². The zero-order valence-corrected chi connectivity index (χ0v) is 22.4. The summed E-state index contributed by atoms with van der Waals surface area (Å²) in [5, 5.41) is 49.1. The fourth-order valence-corrected chi connectivity index (χ4v) is 5.74. The number of rotatable bonds is 8. The largest absolute Gasteiger partial charge is 0.387 e. The summed E-state index contributed by atoms with van der Waals surface area (Å²) in [5.41, 5.74) is -0.0802. The zero-order chi connectivity index (χ0) is 28.2. The van der Waals surface area contributed by atoms with E-state index < -0.39 is 29.3 Å². The fourth-order valence-electron chi connectivity index (χ4n) is 5.74. The Morgan fingerprint density at radius 3 is 1.55 bits per heavy atom. The number of hydrogen-bond acceptors (Lipinski definition) is 4. The number of benzene rings is 4. The van der Waals surface area contributed by atoms with Gasteiger partial charge in [0.15, 0.2) is 0 Å². The molecule has 4 aromatic rings. The van der Waals surface area contributed by atoms with Gasteiger partial charge in [-0.2, -0.15) is 0 Å². The maximum absolute atomic E-state index is 12.7. The average molecular weight is 531 g/mol. The molecule has 0 aliphatic heterocycles. The van der Waals surface area contributed by atoms with Crippen LogP contribution in [0.25, 0.3) is 5.57 Å². The Bertz CT molecular complexity index is 1450. The molecule has 4 nitrogen and oxygen atoms in total. The molecule has 0 spiro atoms. The highest BCUT2D eigenvalue weighted by Gasteiger charge is 2.54. The van der Waals surface area contributed by atoms with Crippen LogP contribution >= 0.6 is 0 Å². The summed E-state index contributed by atoms with van der Waals surface area (Å²) in [4.78, 5) is 0. The maximum Gasteiger partial charge on any atom is 0.143 e. The minimum Gasteiger partial charge on any atom is -0.387 e. The highest BCUT2D eigenvalue weighted by molar-refractivity contribution is 5.71. The normalized spacial score (nSPS) is 19.5. The van der Waals surface area contributed by atoms with E-state index in [9.17, 15) is 20.4 Å². The number of allylic oxidation sites excluding steroid dienone is 4. The molecule has 40 heavy (non-hydrogen) atoms. The van der Waals surface area contributed by atoms with Crippen LogP contribution in [0.3, 0.4) is 0 Å². The van der Waals surface area contributed by atoms with Crippen LogP contribution in [0.15, 0.2) is 151 Å². The van der Waals surface area contributed by atoms with Crippen LogP contribution in [0.1, 0.15) is 29.2 Å². The van der Waals surface area contributed by atoms with E-state index in [1.165, 1.54) is 0 Å². The van der Waals surface area contributed by atoms with Crippen molar-refractivity contribution >= 4 is 5.57 Å². The standard InChI is InChI=1S/C36H34O4/c1-26(27-16-6-2-7-17-27)31-24-14-15-25-32(31)36(40,30-22-12-5-13-23-30)34(38)33(37)35(39,28-18-8-3-9-19-28)29-20-10-4-11-21-29/h2-25,32-34,37-40H,1H3. The molecule has 1 aliphatic rings. The van der Waals surface area contributed by atoms with Crippen molar-refractivity contribution in [2.75, 3.05) is 0 Å². The molecule has 4 unspecified atom stereocenters. The topological polar surface area (TPSA) is 80.9 Å². The molecule has 5 rings (SSSR count). The maximum atomic E-state index is 12.7. The molecule has 0 heterocycles. The lowest BCUT2D eigenvalue weighted by molar-refractivity contribution is -0.190. The van der Waals surface area contributed by atoms with Gasteiger partial charge in [0.2, 0.25) is 0 Å². The lowest BCUT2D eigenvalue weighted by Crippen LogP contribution is -2.58. The predicted molar refractivity (Wildman–Crippen MR) is 159 cm³/mol. The van der Waals surface area contributed by atoms with E-state index in [4.69, 9.17) is 0 Å².